The van der Waals surface area contributed by atoms with Crippen LogP contribution in [0.15, 0.2) is 53.5 Å². The second-order valence-corrected chi connectivity index (χ2v) is 4.14. The maximum Gasteiger partial charge on any atom is 0.257 e. The third-order valence-electron chi connectivity index (χ3n) is 2.72. The van der Waals surface area contributed by atoms with Crippen LogP contribution in [0.2, 0.25) is 0 Å². The molecule has 0 saturated carbocycles. The van der Waals surface area contributed by atoms with Crippen molar-refractivity contribution < 1.29 is 14.3 Å². The molecule has 0 radical (unpaired) electrons. The summed E-state index contributed by atoms with van der Waals surface area (Å²) in [5.41, 5.74) is 1.20. The zero-order valence-corrected chi connectivity index (χ0v) is 11.5. The Morgan fingerprint density at radius 1 is 1.24 bits per heavy atom. The van der Waals surface area contributed by atoms with E-state index in [2.05, 4.69) is 10.3 Å². The fraction of sp³-hybridized carbons (Fsp3) is 0.125. The molecule has 0 aliphatic rings. The Morgan fingerprint density at radius 3 is 2.81 bits per heavy atom. The Kier molecular flexibility index (Phi) is 4.85. The van der Waals surface area contributed by atoms with Gasteiger partial charge >= 0.3 is 0 Å². The summed E-state index contributed by atoms with van der Waals surface area (Å²) in [6, 6.07) is 13.7. The van der Waals surface area contributed by atoms with Crippen molar-refractivity contribution in [1.82, 2.24) is 0 Å². The molecule has 0 aromatic heterocycles. The normalized spacial score (nSPS) is 9.57. The SMILES string of the molecule is CCOc1cccc(NC(=O)c2ccccc2N=C=O)c1. The van der Waals surface area contributed by atoms with Gasteiger partial charge in [0.15, 0.2) is 0 Å². The number of aliphatic imine (C=N–C) groups is 1. The van der Waals surface area contributed by atoms with Crippen molar-refractivity contribution in [3.8, 4) is 5.75 Å². The fourth-order valence-electron chi connectivity index (χ4n) is 1.84. The van der Waals surface area contributed by atoms with Gasteiger partial charge in [-0.05, 0) is 31.2 Å². The molecule has 0 aliphatic carbocycles. The third-order valence-corrected chi connectivity index (χ3v) is 2.72. The monoisotopic (exact) mass is 282 g/mol. The number of benzene rings is 2. The van der Waals surface area contributed by atoms with E-state index in [9.17, 15) is 9.59 Å². The minimum absolute atomic E-state index is 0.283. The van der Waals surface area contributed by atoms with Crippen molar-refractivity contribution >= 4 is 23.4 Å². The number of nitrogens with zero attached hydrogens (tertiary/aromatic N) is 1. The van der Waals surface area contributed by atoms with Gasteiger partial charge in [0.1, 0.15) is 5.75 Å². The Hall–Kier alpha value is -2.91. The molecule has 0 spiro atoms. The summed E-state index contributed by atoms with van der Waals surface area (Å²) in [5, 5.41) is 2.75. The maximum atomic E-state index is 12.2. The summed E-state index contributed by atoms with van der Waals surface area (Å²) in [6.45, 7) is 2.44. The highest BCUT2D eigenvalue weighted by molar-refractivity contribution is 6.07. The summed E-state index contributed by atoms with van der Waals surface area (Å²) >= 11 is 0. The van der Waals surface area contributed by atoms with E-state index >= 15 is 0 Å². The van der Waals surface area contributed by atoms with Crippen LogP contribution in [0, 0.1) is 0 Å². The molecule has 1 amide bonds. The Balaban J connectivity index is 2.22. The van der Waals surface area contributed by atoms with Gasteiger partial charge in [0.05, 0.1) is 17.9 Å². The molecule has 1 N–H and O–H groups in total. The molecule has 0 atom stereocenters. The number of hydrogen-bond donors (Lipinski definition) is 1. The second kappa shape index (κ2) is 7.03. The molecule has 0 bridgehead atoms. The minimum Gasteiger partial charge on any atom is -0.494 e. The van der Waals surface area contributed by atoms with E-state index in [1.807, 2.05) is 13.0 Å². The highest BCUT2D eigenvalue weighted by atomic mass is 16.5. The van der Waals surface area contributed by atoms with Crippen molar-refractivity contribution in [1.29, 1.82) is 0 Å². The number of amides is 1. The van der Waals surface area contributed by atoms with Crippen LogP contribution in [0.4, 0.5) is 11.4 Å². The van der Waals surface area contributed by atoms with E-state index in [0.29, 0.717) is 23.6 Å². The molecule has 0 unspecified atom stereocenters. The molecule has 0 fully saturated rings. The topological polar surface area (TPSA) is 67.8 Å². The minimum atomic E-state index is -0.349. The Labute approximate surface area is 122 Å². The first-order chi connectivity index (χ1) is 10.2. The first-order valence-corrected chi connectivity index (χ1v) is 6.45. The van der Waals surface area contributed by atoms with Gasteiger partial charge in [0, 0.05) is 11.8 Å². The van der Waals surface area contributed by atoms with Crippen molar-refractivity contribution in [3.63, 3.8) is 0 Å². The van der Waals surface area contributed by atoms with Gasteiger partial charge in [-0.3, -0.25) is 4.79 Å². The van der Waals surface area contributed by atoms with Gasteiger partial charge in [-0.2, -0.15) is 4.99 Å². The lowest BCUT2D eigenvalue weighted by Gasteiger charge is -2.09. The Morgan fingerprint density at radius 2 is 2.05 bits per heavy atom. The molecule has 5 nitrogen and oxygen atoms in total. The van der Waals surface area contributed by atoms with Gasteiger partial charge in [-0.15, -0.1) is 0 Å². The van der Waals surface area contributed by atoms with Gasteiger partial charge in [0.25, 0.3) is 5.91 Å². The highest BCUT2D eigenvalue weighted by Gasteiger charge is 2.11. The zero-order valence-electron chi connectivity index (χ0n) is 11.5. The maximum absolute atomic E-state index is 12.2. The largest absolute Gasteiger partial charge is 0.494 e. The molecule has 5 heteroatoms. The van der Waals surface area contributed by atoms with Crippen LogP contribution < -0.4 is 10.1 Å². The van der Waals surface area contributed by atoms with Gasteiger partial charge in [0.2, 0.25) is 6.08 Å². The number of nitrogens with one attached hydrogen (secondary N) is 1. The van der Waals surface area contributed by atoms with E-state index in [1.54, 1.807) is 42.5 Å². The molecule has 0 heterocycles. The van der Waals surface area contributed by atoms with Crippen LogP contribution in [0.1, 0.15) is 17.3 Å². The van der Waals surface area contributed by atoms with E-state index in [4.69, 9.17) is 4.74 Å². The third kappa shape index (κ3) is 3.78. The lowest BCUT2D eigenvalue weighted by Crippen LogP contribution is -2.12. The molecule has 2 aromatic rings. The number of para-hydroxylation sites is 1. The average Bonchev–Trinajstić information content (AvgIpc) is 2.49. The number of anilines is 1. The summed E-state index contributed by atoms with van der Waals surface area (Å²) in [5.74, 6) is 0.327. The van der Waals surface area contributed by atoms with Crippen molar-refractivity contribution in [3.05, 3.63) is 54.1 Å². The molecular weight excluding hydrogens is 268 g/mol. The van der Waals surface area contributed by atoms with Crippen LogP contribution in [0.3, 0.4) is 0 Å². The van der Waals surface area contributed by atoms with E-state index < -0.39 is 0 Å². The van der Waals surface area contributed by atoms with E-state index in [1.165, 1.54) is 6.08 Å². The number of rotatable bonds is 5. The quantitative estimate of drug-likeness (QED) is 0.675. The smallest absolute Gasteiger partial charge is 0.257 e. The number of ether oxygens (including phenoxy) is 1. The molecule has 2 aromatic carbocycles. The van der Waals surface area contributed by atoms with Gasteiger partial charge in [-0.25, -0.2) is 4.79 Å². The predicted molar refractivity (Wildman–Crippen MR) is 79.8 cm³/mol. The van der Waals surface area contributed by atoms with E-state index in [0.717, 1.165) is 0 Å². The number of carbonyl (C=O) groups excluding carboxylic acids is 2. The summed E-state index contributed by atoms with van der Waals surface area (Å²) in [6.07, 6.45) is 1.44. The molecule has 21 heavy (non-hydrogen) atoms. The first-order valence-electron chi connectivity index (χ1n) is 6.45. The summed E-state index contributed by atoms with van der Waals surface area (Å²) < 4.78 is 5.37. The van der Waals surface area contributed by atoms with Crippen LogP contribution >= 0.6 is 0 Å². The molecule has 0 saturated heterocycles. The number of carbonyl (C=O) groups is 1. The molecule has 106 valence electrons. The lowest BCUT2D eigenvalue weighted by atomic mass is 10.1. The fourth-order valence-corrected chi connectivity index (χ4v) is 1.84. The standard InChI is InChI=1S/C16H14N2O3/c1-2-21-13-7-5-6-12(10-13)18-16(20)14-8-3-4-9-15(14)17-11-19/h3-10H,2H2,1H3,(H,18,20). The number of hydrogen-bond acceptors (Lipinski definition) is 4. The predicted octanol–water partition coefficient (Wildman–Crippen LogP) is 3.30. The average molecular weight is 282 g/mol. The summed E-state index contributed by atoms with van der Waals surface area (Å²) in [4.78, 5) is 26.1. The second-order valence-electron chi connectivity index (χ2n) is 4.14. The zero-order chi connectivity index (χ0) is 15.1. The van der Waals surface area contributed by atoms with Crippen LogP contribution in [-0.4, -0.2) is 18.6 Å². The number of isocyanates is 1. The van der Waals surface area contributed by atoms with Crippen molar-refractivity contribution in [2.24, 2.45) is 4.99 Å². The Bertz CT molecular complexity index is 691. The van der Waals surface area contributed by atoms with E-state index in [-0.39, 0.29) is 11.6 Å². The van der Waals surface area contributed by atoms with Gasteiger partial charge < -0.3 is 10.1 Å². The highest BCUT2D eigenvalue weighted by Crippen LogP contribution is 2.21. The molecular formula is C16H14N2O3. The van der Waals surface area contributed by atoms with Crippen LogP contribution in [0.25, 0.3) is 0 Å². The first kappa shape index (κ1) is 14.5. The lowest BCUT2D eigenvalue weighted by molar-refractivity contribution is 0.102. The van der Waals surface area contributed by atoms with Crippen molar-refractivity contribution in [2.75, 3.05) is 11.9 Å². The molecule has 0 aliphatic heterocycles. The van der Waals surface area contributed by atoms with Gasteiger partial charge in [-0.1, -0.05) is 18.2 Å². The van der Waals surface area contributed by atoms with Crippen molar-refractivity contribution in [2.45, 2.75) is 6.92 Å². The summed E-state index contributed by atoms with van der Waals surface area (Å²) in [7, 11) is 0. The van der Waals surface area contributed by atoms with Crippen LogP contribution in [0.5, 0.6) is 5.75 Å². The molecule has 2 rings (SSSR count). The van der Waals surface area contributed by atoms with Crippen LogP contribution in [-0.2, 0) is 4.79 Å².